The highest BCUT2D eigenvalue weighted by molar-refractivity contribution is 6.31. The fourth-order valence-corrected chi connectivity index (χ4v) is 4.82. The zero-order valence-electron chi connectivity index (χ0n) is 19.6. The van der Waals surface area contributed by atoms with Crippen molar-refractivity contribution < 1.29 is 4.79 Å². The number of nitrogens with zero attached hydrogens (tertiary/aromatic N) is 4. The Balaban J connectivity index is 1.35. The second-order valence-corrected chi connectivity index (χ2v) is 9.48. The van der Waals surface area contributed by atoms with Gasteiger partial charge in [-0.25, -0.2) is 19.9 Å². The van der Waals surface area contributed by atoms with Crippen molar-refractivity contribution in [3.63, 3.8) is 0 Å². The number of Topliss-reactive ketones (excluding diaryl/α,β-unsaturated/α-hetero) is 1. The SMILES string of the molecule is Cc1ccc(C2CC(=O)c3cnc(Nc4nc(-c5ccccc5)c5cc(Cl)ccc5n4)nc3C2)cc1. The summed E-state index contributed by atoms with van der Waals surface area (Å²) >= 11 is 6.27. The van der Waals surface area contributed by atoms with E-state index >= 15 is 0 Å². The fourth-order valence-electron chi connectivity index (χ4n) is 4.65. The summed E-state index contributed by atoms with van der Waals surface area (Å²) in [4.78, 5) is 31.4. The Labute approximate surface area is 213 Å². The summed E-state index contributed by atoms with van der Waals surface area (Å²) < 4.78 is 0. The summed E-state index contributed by atoms with van der Waals surface area (Å²) in [6.45, 7) is 2.06. The maximum atomic E-state index is 12.8. The monoisotopic (exact) mass is 491 g/mol. The minimum atomic E-state index is 0.0681. The van der Waals surface area contributed by atoms with E-state index < -0.39 is 0 Å². The molecule has 0 amide bonds. The first-order valence-corrected chi connectivity index (χ1v) is 12.2. The molecule has 1 aliphatic rings. The lowest BCUT2D eigenvalue weighted by Crippen LogP contribution is -2.21. The molecule has 1 N–H and O–H groups in total. The van der Waals surface area contributed by atoms with Crippen molar-refractivity contribution in [1.82, 2.24) is 19.9 Å². The van der Waals surface area contributed by atoms with Gasteiger partial charge in [0.1, 0.15) is 0 Å². The number of rotatable bonds is 4. The quantitative estimate of drug-likeness (QED) is 0.301. The lowest BCUT2D eigenvalue weighted by molar-refractivity contribution is 0.0962. The largest absolute Gasteiger partial charge is 0.294 e. The van der Waals surface area contributed by atoms with Gasteiger partial charge in [0, 0.05) is 28.6 Å². The zero-order valence-corrected chi connectivity index (χ0v) is 20.3. The van der Waals surface area contributed by atoms with Crippen molar-refractivity contribution in [3.05, 3.63) is 106 Å². The van der Waals surface area contributed by atoms with Crippen molar-refractivity contribution in [2.45, 2.75) is 25.7 Å². The number of nitrogens with one attached hydrogen (secondary N) is 1. The molecule has 0 saturated carbocycles. The first kappa shape index (κ1) is 22.3. The molecule has 0 saturated heterocycles. The van der Waals surface area contributed by atoms with E-state index in [0.29, 0.717) is 35.3 Å². The summed E-state index contributed by atoms with van der Waals surface area (Å²) in [5.74, 6) is 0.901. The van der Waals surface area contributed by atoms with E-state index in [4.69, 9.17) is 21.6 Å². The smallest absolute Gasteiger partial charge is 0.230 e. The van der Waals surface area contributed by atoms with Crippen LogP contribution in [-0.2, 0) is 6.42 Å². The number of benzene rings is 3. The van der Waals surface area contributed by atoms with Gasteiger partial charge >= 0.3 is 0 Å². The Morgan fingerprint density at radius 3 is 2.50 bits per heavy atom. The molecule has 0 spiro atoms. The molecular weight excluding hydrogens is 470 g/mol. The first-order chi connectivity index (χ1) is 17.5. The lowest BCUT2D eigenvalue weighted by atomic mass is 9.82. The zero-order chi connectivity index (χ0) is 24.6. The minimum absolute atomic E-state index is 0.0681. The number of halogens is 1. The van der Waals surface area contributed by atoms with Gasteiger partial charge in [0.2, 0.25) is 11.9 Å². The molecule has 2 aromatic heterocycles. The van der Waals surface area contributed by atoms with Gasteiger partial charge in [-0.2, -0.15) is 0 Å². The second kappa shape index (κ2) is 9.13. The van der Waals surface area contributed by atoms with Gasteiger partial charge < -0.3 is 0 Å². The molecule has 176 valence electrons. The van der Waals surface area contributed by atoms with Gasteiger partial charge in [-0.1, -0.05) is 71.8 Å². The van der Waals surface area contributed by atoms with E-state index in [9.17, 15) is 4.79 Å². The molecule has 0 aliphatic heterocycles. The molecule has 36 heavy (non-hydrogen) atoms. The van der Waals surface area contributed by atoms with E-state index in [0.717, 1.165) is 33.4 Å². The molecule has 7 heteroatoms. The van der Waals surface area contributed by atoms with E-state index in [1.807, 2.05) is 48.5 Å². The maximum absolute atomic E-state index is 12.8. The van der Waals surface area contributed by atoms with Crippen LogP contribution in [0.25, 0.3) is 22.2 Å². The average molecular weight is 492 g/mol. The van der Waals surface area contributed by atoms with E-state index in [1.165, 1.54) is 5.56 Å². The van der Waals surface area contributed by atoms with Crippen LogP contribution in [0.15, 0.2) is 79.0 Å². The molecule has 5 aromatic rings. The van der Waals surface area contributed by atoms with Gasteiger partial charge in [-0.05, 0) is 43.0 Å². The normalized spacial score (nSPS) is 15.1. The predicted molar refractivity (Wildman–Crippen MR) is 142 cm³/mol. The predicted octanol–water partition coefficient (Wildman–Crippen LogP) is 6.70. The molecule has 1 atom stereocenters. The maximum Gasteiger partial charge on any atom is 0.230 e. The van der Waals surface area contributed by atoms with Crippen molar-refractivity contribution in [3.8, 4) is 11.3 Å². The average Bonchev–Trinajstić information content (AvgIpc) is 2.89. The van der Waals surface area contributed by atoms with Crippen LogP contribution in [0.4, 0.5) is 11.9 Å². The van der Waals surface area contributed by atoms with E-state index in [1.54, 1.807) is 6.20 Å². The van der Waals surface area contributed by atoms with Crippen molar-refractivity contribution in [1.29, 1.82) is 0 Å². The molecule has 2 heterocycles. The first-order valence-electron chi connectivity index (χ1n) is 11.8. The topological polar surface area (TPSA) is 80.7 Å². The van der Waals surface area contributed by atoms with Gasteiger partial charge in [-0.15, -0.1) is 0 Å². The Morgan fingerprint density at radius 1 is 0.889 bits per heavy atom. The van der Waals surface area contributed by atoms with Crippen molar-refractivity contribution in [2.75, 3.05) is 5.32 Å². The van der Waals surface area contributed by atoms with Crippen LogP contribution in [0.1, 0.15) is 39.5 Å². The van der Waals surface area contributed by atoms with Crippen LogP contribution in [0.3, 0.4) is 0 Å². The molecule has 1 aliphatic carbocycles. The van der Waals surface area contributed by atoms with Crippen molar-refractivity contribution in [2.24, 2.45) is 0 Å². The molecule has 1 unspecified atom stereocenters. The minimum Gasteiger partial charge on any atom is -0.294 e. The number of ketones is 1. The Bertz CT molecular complexity index is 1600. The number of carbonyl (C=O) groups is 1. The van der Waals surface area contributed by atoms with Crippen molar-refractivity contribution >= 4 is 40.2 Å². The third-order valence-electron chi connectivity index (χ3n) is 6.52. The molecule has 0 radical (unpaired) electrons. The molecule has 3 aromatic carbocycles. The van der Waals surface area contributed by atoms with Crippen LogP contribution in [-0.4, -0.2) is 25.7 Å². The number of hydrogen-bond donors (Lipinski definition) is 1. The third kappa shape index (κ3) is 4.32. The standard InChI is InChI=1S/C29H22ClN5O/c1-17-7-9-18(10-8-17)20-13-25-23(26(36)14-20)16-31-28(33-25)35-29-32-24-12-11-21(30)15-22(24)27(34-29)19-5-3-2-4-6-19/h2-12,15-16,20H,13-14H2,1H3,(H,31,32,33,34,35). The fraction of sp³-hybridized carbons (Fsp3) is 0.138. The lowest BCUT2D eigenvalue weighted by Gasteiger charge is -2.23. The van der Waals surface area contributed by atoms with Crippen LogP contribution in [0, 0.1) is 6.92 Å². The second-order valence-electron chi connectivity index (χ2n) is 9.04. The Hall–Kier alpha value is -4.16. The number of carbonyl (C=O) groups excluding carboxylic acids is 1. The van der Waals surface area contributed by atoms with Gasteiger partial charge in [0.25, 0.3) is 0 Å². The number of hydrogen-bond acceptors (Lipinski definition) is 6. The summed E-state index contributed by atoms with van der Waals surface area (Å²) in [6, 6.07) is 23.8. The Kier molecular flexibility index (Phi) is 5.66. The summed E-state index contributed by atoms with van der Waals surface area (Å²) in [6.07, 6.45) is 2.74. The van der Waals surface area contributed by atoms with Crippen LogP contribution in [0.2, 0.25) is 5.02 Å². The Morgan fingerprint density at radius 2 is 1.69 bits per heavy atom. The molecule has 0 fully saturated rings. The number of fused-ring (bicyclic) bond motifs is 2. The molecule has 6 rings (SSSR count). The molecule has 0 bridgehead atoms. The van der Waals surface area contributed by atoms with E-state index in [-0.39, 0.29) is 11.7 Å². The van der Waals surface area contributed by atoms with Gasteiger partial charge in [-0.3, -0.25) is 10.1 Å². The third-order valence-corrected chi connectivity index (χ3v) is 6.75. The van der Waals surface area contributed by atoms with Crippen LogP contribution in [0.5, 0.6) is 0 Å². The van der Waals surface area contributed by atoms with Crippen LogP contribution >= 0.6 is 11.6 Å². The highest BCUT2D eigenvalue weighted by Crippen LogP contribution is 2.33. The van der Waals surface area contributed by atoms with Crippen LogP contribution < -0.4 is 5.32 Å². The molecule has 6 nitrogen and oxygen atoms in total. The van der Waals surface area contributed by atoms with E-state index in [2.05, 4.69) is 46.5 Å². The number of anilines is 2. The summed E-state index contributed by atoms with van der Waals surface area (Å²) in [7, 11) is 0. The summed E-state index contributed by atoms with van der Waals surface area (Å²) in [5, 5.41) is 4.64. The highest BCUT2D eigenvalue weighted by atomic mass is 35.5. The summed E-state index contributed by atoms with van der Waals surface area (Å²) in [5.41, 5.74) is 6.14. The number of aromatic nitrogens is 4. The number of aryl methyl sites for hydroxylation is 1. The van der Waals surface area contributed by atoms with Gasteiger partial charge in [0.15, 0.2) is 5.78 Å². The highest BCUT2D eigenvalue weighted by Gasteiger charge is 2.28. The van der Waals surface area contributed by atoms with Gasteiger partial charge in [0.05, 0.1) is 22.5 Å². The molecular formula is C29H22ClN5O.